The Morgan fingerprint density at radius 3 is 2.38 bits per heavy atom. The molecule has 5 aromatic rings. The SMILES string of the molecule is Cc1nn(C)cc1-c1nc2ncc(Cl)c(Oc3ccc(C(=O)N4CCCC(C(=O)N5CC6CN(c7ccc([C@@H]8CCC(=O)NC8=O)cc7)CC6C5)C4)cc3)c2[nH]1. The van der Waals surface area contributed by atoms with Gasteiger partial charge in [-0.1, -0.05) is 23.7 Å². The molecule has 4 amide bonds. The van der Waals surface area contributed by atoms with Crippen molar-refractivity contribution in [1.82, 2.24) is 39.8 Å². The maximum atomic E-state index is 13.8. The predicted octanol–water partition coefficient (Wildman–Crippen LogP) is 5.08. The standard InChI is InChI=1S/C41H42ClN9O5/c1-23-32(22-48(2)47-23)37-45-35-36(33(42)16-43-38(35)46-37)56-30-11-7-25(8-12-30)40(54)49-15-3-4-26(17-49)41(55)51-20-27-18-50(19-28(27)21-51)29-9-5-24(6-10-29)31-13-14-34(52)44-39(31)53/h5-12,16,22,26-28,31H,3-4,13-15,17-21H2,1-2H3,(H,43,45,46)(H,44,52,53)/t26?,27?,28?,31-/m0/s1. The molecule has 9 rings (SSSR count). The number of hydrogen-bond donors (Lipinski definition) is 2. The largest absolute Gasteiger partial charge is 0.453 e. The van der Waals surface area contributed by atoms with Gasteiger partial charge in [0.25, 0.3) is 5.91 Å². The third-order valence-electron chi connectivity index (χ3n) is 11.8. The number of likely N-dealkylation sites (tertiary alicyclic amines) is 2. The van der Waals surface area contributed by atoms with Crippen molar-refractivity contribution in [3.63, 3.8) is 0 Å². The molecule has 4 aliphatic rings. The maximum Gasteiger partial charge on any atom is 0.253 e. The van der Waals surface area contributed by atoms with E-state index < -0.39 is 0 Å². The summed E-state index contributed by atoms with van der Waals surface area (Å²) >= 11 is 6.54. The Hall–Kier alpha value is -5.76. The van der Waals surface area contributed by atoms with E-state index in [1.54, 1.807) is 33.8 Å². The molecular weight excluding hydrogens is 734 g/mol. The molecule has 0 spiro atoms. The minimum Gasteiger partial charge on any atom is -0.453 e. The predicted molar refractivity (Wildman–Crippen MR) is 208 cm³/mol. The van der Waals surface area contributed by atoms with Gasteiger partial charge in [-0.2, -0.15) is 5.10 Å². The van der Waals surface area contributed by atoms with Crippen LogP contribution in [0.4, 0.5) is 5.69 Å². The van der Waals surface area contributed by atoms with Gasteiger partial charge < -0.3 is 24.4 Å². The highest BCUT2D eigenvalue weighted by Crippen LogP contribution is 2.38. The summed E-state index contributed by atoms with van der Waals surface area (Å²) in [6.07, 6.45) is 5.82. The topological polar surface area (TPSA) is 159 Å². The van der Waals surface area contributed by atoms with Crippen LogP contribution < -0.4 is 15.0 Å². The number of nitrogens with one attached hydrogen (secondary N) is 2. The molecule has 0 radical (unpaired) electrons. The minimum absolute atomic E-state index is 0.110. The first kappa shape index (κ1) is 35.9. The average Bonchev–Trinajstić information content (AvgIpc) is 3.98. The van der Waals surface area contributed by atoms with Crippen LogP contribution >= 0.6 is 11.6 Å². The van der Waals surface area contributed by atoms with Crippen LogP contribution in [0.25, 0.3) is 22.6 Å². The molecule has 2 aromatic carbocycles. The molecule has 0 saturated carbocycles. The summed E-state index contributed by atoms with van der Waals surface area (Å²) < 4.78 is 7.95. The Labute approximate surface area is 328 Å². The number of imidazole rings is 1. The van der Waals surface area contributed by atoms with Gasteiger partial charge in [0.15, 0.2) is 11.4 Å². The second kappa shape index (κ2) is 14.4. The van der Waals surface area contributed by atoms with Crippen LogP contribution in [0, 0.1) is 24.7 Å². The third-order valence-corrected chi connectivity index (χ3v) is 12.0. The lowest BCUT2D eigenvalue weighted by Crippen LogP contribution is -2.46. The Bertz CT molecular complexity index is 2340. The molecule has 3 unspecified atom stereocenters. The van der Waals surface area contributed by atoms with Crippen molar-refractivity contribution < 1.29 is 23.9 Å². The number of carbonyl (C=O) groups is 4. The summed E-state index contributed by atoms with van der Waals surface area (Å²) in [5, 5.41) is 7.16. The summed E-state index contributed by atoms with van der Waals surface area (Å²) in [7, 11) is 1.85. The van der Waals surface area contributed by atoms with Crippen LogP contribution in [-0.4, -0.2) is 97.4 Å². The number of benzene rings is 2. The quantitative estimate of drug-likeness (QED) is 0.215. The molecule has 7 heterocycles. The van der Waals surface area contributed by atoms with E-state index >= 15 is 0 Å². The maximum absolute atomic E-state index is 13.8. The first-order chi connectivity index (χ1) is 27.1. The molecular formula is C41H42ClN9O5. The van der Waals surface area contributed by atoms with Crippen LogP contribution in [-0.2, 0) is 21.4 Å². The van der Waals surface area contributed by atoms with Crippen LogP contribution in [0.5, 0.6) is 11.5 Å². The van der Waals surface area contributed by atoms with Crippen molar-refractivity contribution in [2.75, 3.05) is 44.2 Å². The molecule has 56 heavy (non-hydrogen) atoms. The van der Waals surface area contributed by atoms with Crippen LogP contribution in [0.3, 0.4) is 0 Å². The fraction of sp³-hybridized carbons (Fsp3) is 0.390. The van der Waals surface area contributed by atoms with Crippen molar-refractivity contribution in [2.24, 2.45) is 24.8 Å². The van der Waals surface area contributed by atoms with E-state index in [-0.39, 0.29) is 35.5 Å². The first-order valence-electron chi connectivity index (χ1n) is 19.2. The molecule has 4 fully saturated rings. The normalized spacial score (nSPS) is 22.4. The second-order valence-corrected chi connectivity index (χ2v) is 15.9. The summed E-state index contributed by atoms with van der Waals surface area (Å²) in [6, 6.07) is 15.1. The zero-order valence-electron chi connectivity index (χ0n) is 31.2. The number of fused-ring (bicyclic) bond motifs is 2. The molecule has 288 valence electrons. The number of halogens is 1. The van der Waals surface area contributed by atoms with Crippen molar-refractivity contribution >= 4 is 52.1 Å². The fourth-order valence-corrected chi connectivity index (χ4v) is 9.05. The number of aryl methyl sites for hydroxylation is 2. The summed E-state index contributed by atoms with van der Waals surface area (Å²) in [6.45, 7) is 6.09. The molecule has 4 saturated heterocycles. The Kier molecular flexibility index (Phi) is 9.23. The first-order valence-corrected chi connectivity index (χ1v) is 19.5. The number of carbonyl (C=O) groups excluding carboxylic acids is 4. The van der Waals surface area contributed by atoms with Crippen molar-refractivity contribution in [2.45, 2.75) is 38.5 Å². The third kappa shape index (κ3) is 6.76. The van der Waals surface area contributed by atoms with Crippen LogP contribution in [0.1, 0.15) is 53.2 Å². The number of amides is 4. The molecule has 2 N–H and O–H groups in total. The lowest BCUT2D eigenvalue weighted by Gasteiger charge is -2.34. The van der Waals surface area contributed by atoms with Gasteiger partial charge in [-0.25, -0.2) is 9.97 Å². The van der Waals surface area contributed by atoms with Crippen molar-refractivity contribution in [3.8, 4) is 22.9 Å². The van der Waals surface area contributed by atoms with E-state index in [1.165, 1.54) is 6.20 Å². The number of hydrogen-bond acceptors (Lipinski definition) is 9. The van der Waals surface area contributed by atoms with Gasteiger partial charge >= 0.3 is 0 Å². The number of rotatable bonds is 7. The van der Waals surface area contributed by atoms with Crippen LogP contribution in [0.15, 0.2) is 60.9 Å². The number of imide groups is 1. The van der Waals surface area contributed by atoms with E-state index in [9.17, 15) is 19.2 Å². The number of aromatic nitrogens is 5. The van der Waals surface area contributed by atoms with Gasteiger partial charge in [0, 0.05) is 82.0 Å². The lowest BCUT2D eigenvalue weighted by molar-refractivity contribution is -0.136. The van der Waals surface area contributed by atoms with E-state index in [0.29, 0.717) is 76.8 Å². The molecule has 0 bridgehead atoms. The van der Waals surface area contributed by atoms with E-state index in [2.05, 4.69) is 42.4 Å². The zero-order chi connectivity index (χ0) is 38.7. The Morgan fingerprint density at radius 2 is 1.68 bits per heavy atom. The van der Waals surface area contributed by atoms with Gasteiger partial charge in [-0.3, -0.25) is 29.2 Å². The number of anilines is 1. The van der Waals surface area contributed by atoms with Gasteiger partial charge in [0.2, 0.25) is 17.7 Å². The smallest absolute Gasteiger partial charge is 0.253 e. The highest BCUT2D eigenvalue weighted by atomic mass is 35.5. The zero-order valence-corrected chi connectivity index (χ0v) is 32.0. The summed E-state index contributed by atoms with van der Waals surface area (Å²) in [4.78, 5) is 69.9. The second-order valence-electron chi connectivity index (χ2n) is 15.5. The van der Waals surface area contributed by atoms with Gasteiger partial charge in [-0.05, 0) is 68.1 Å². The molecule has 0 aliphatic carbocycles. The lowest BCUT2D eigenvalue weighted by atomic mass is 9.90. The van der Waals surface area contributed by atoms with Crippen LogP contribution in [0.2, 0.25) is 5.02 Å². The van der Waals surface area contributed by atoms with Gasteiger partial charge in [-0.15, -0.1) is 0 Å². The Balaban J connectivity index is 0.798. The highest BCUT2D eigenvalue weighted by Gasteiger charge is 2.43. The number of ether oxygens (including phenoxy) is 1. The minimum atomic E-state index is -0.295. The van der Waals surface area contributed by atoms with Crippen molar-refractivity contribution in [1.29, 1.82) is 0 Å². The number of piperidine rings is 2. The van der Waals surface area contributed by atoms with Gasteiger partial charge in [0.1, 0.15) is 22.1 Å². The molecule has 4 atom stereocenters. The van der Waals surface area contributed by atoms with Gasteiger partial charge in [0.05, 0.1) is 29.3 Å². The average molecular weight is 776 g/mol. The van der Waals surface area contributed by atoms with E-state index in [1.807, 2.05) is 37.2 Å². The Morgan fingerprint density at radius 1 is 0.929 bits per heavy atom. The summed E-state index contributed by atoms with van der Waals surface area (Å²) in [5.74, 6) is 1.33. The number of nitrogens with zero attached hydrogens (tertiary/aromatic N) is 7. The van der Waals surface area contributed by atoms with Crippen molar-refractivity contribution in [3.05, 3.63) is 82.8 Å². The number of aromatic amines is 1. The summed E-state index contributed by atoms with van der Waals surface area (Å²) in [5.41, 5.74) is 5.24. The van der Waals surface area contributed by atoms with E-state index in [4.69, 9.17) is 16.3 Å². The molecule has 14 nitrogen and oxygen atoms in total. The number of pyridine rings is 1. The molecule has 15 heteroatoms. The highest BCUT2D eigenvalue weighted by molar-refractivity contribution is 6.32. The number of H-pyrrole nitrogens is 1. The van der Waals surface area contributed by atoms with E-state index in [0.717, 1.165) is 61.5 Å². The monoisotopic (exact) mass is 775 g/mol. The fourth-order valence-electron chi connectivity index (χ4n) is 8.87. The molecule has 3 aromatic heterocycles. The molecule has 4 aliphatic heterocycles.